The largest absolute Gasteiger partial charge is 0.493 e. The highest BCUT2D eigenvalue weighted by molar-refractivity contribution is 7.12. The first-order valence-corrected chi connectivity index (χ1v) is 8.32. The number of thiophene rings is 1. The lowest BCUT2D eigenvalue weighted by Crippen LogP contribution is -2.14. The molecule has 0 atom stereocenters. The summed E-state index contributed by atoms with van der Waals surface area (Å²) in [4.78, 5) is 28.7. The minimum Gasteiger partial charge on any atom is -0.493 e. The van der Waals surface area contributed by atoms with Crippen LogP contribution in [0.15, 0.2) is 46.4 Å². The van der Waals surface area contributed by atoms with Crippen LogP contribution < -0.4 is 20.1 Å². The molecule has 0 aliphatic carbocycles. The number of benzene rings is 1. The molecule has 0 bridgehead atoms. The summed E-state index contributed by atoms with van der Waals surface area (Å²) < 4.78 is 15.5. The fourth-order valence-corrected chi connectivity index (χ4v) is 2.73. The molecule has 0 radical (unpaired) electrons. The van der Waals surface area contributed by atoms with E-state index in [0.717, 1.165) is 0 Å². The quantitative estimate of drug-likeness (QED) is 0.687. The molecule has 3 aromatic rings. The van der Waals surface area contributed by atoms with Crippen LogP contribution in [-0.2, 0) is 0 Å². The van der Waals surface area contributed by atoms with E-state index in [2.05, 4.69) is 15.6 Å². The standard InChI is InChI=1S/C17H15N3O5S/c1-23-12-6-5-10(8-13(12)24-2)18-15(21)11-9-25-17(19-11)20-16(22)14-4-3-7-26-14/h3-9H,1-2H3,(H,18,21)(H,19,20,22). The van der Waals surface area contributed by atoms with E-state index >= 15 is 0 Å². The van der Waals surface area contributed by atoms with Crippen molar-refractivity contribution >= 4 is 34.9 Å². The zero-order valence-electron chi connectivity index (χ0n) is 13.9. The molecular formula is C17H15N3O5S. The van der Waals surface area contributed by atoms with Crippen molar-refractivity contribution in [3.05, 3.63) is 52.5 Å². The third-order valence-corrected chi connectivity index (χ3v) is 4.21. The van der Waals surface area contributed by atoms with Crippen LogP contribution >= 0.6 is 11.3 Å². The summed E-state index contributed by atoms with van der Waals surface area (Å²) >= 11 is 1.29. The van der Waals surface area contributed by atoms with Crippen LogP contribution in [0.2, 0.25) is 0 Å². The Morgan fingerprint density at radius 1 is 1.08 bits per heavy atom. The maximum atomic E-state index is 12.3. The van der Waals surface area contributed by atoms with Crippen LogP contribution in [0.3, 0.4) is 0 Å². The van der Waals surface area contributed by atoms with Crippen LogP contribution in [0.5, 0.6) is 11.5 Å². The van der Waals surface area contributed by atoms with Gasteiger partial charge in [-0.25, -0.2) is 0 Å². The van der Waals surface area contributed by atoms with Gasteiger partial charge in [0.15, 0.2) is 17.2 Å². The summed E-state index contributed by atoms with van der Waals surface area (Å²) in [7, 11) is 3.03. The van der Waals surface area contributed by atoms with Crippen LogP contribution in [0, 0.1) is 0 Å². The molecule has 2 N–H and O–H groups in total. The predicted molar refractivity (Wildman–Crippen MR) is 96.3 cm³/mol. The SMILES string of the molecule is COc1ccc(NC(=O)c2coc(NC(=O)c3cccs3)n2)cc1OC. The first-order valence-electron chi connectivity index (χ1n) is 7.44. The molecular weight excluding hydrogens is 358 g/mol. The second kappa shape index (κ2) is 7.70. The molecule has 9 heteroatoms. The number of nitrogens with zero attached hydrogens (tertiary/aromatic N) is 1. The van der Waals surface area contributed by atoms with Crippen molar-refractivity contribution in [1.29, 1.82) is 0 Å². The molecule has 26 heavy (non-hydrogen) atoms. The molecule has 2 amide bonds. The van der Waals surface area contributed by atoms with Crippen LogP contribution in [0.25, 0.3) is 0 Å². The van der Waals surface area contributed by atoms with Gasteiger partial charge in [0.25, 0.3) is 11.8 Å². The Labute approximate surface area is 152 Å². The molecule has 3 rings (SSSR count). The summed E-state index contributed by atoms with van der Waals surface area (Å²) in [5.74, 6) is 0.186. The number of hydrogen-bond acceptors (Lipinski definition) is 7. The van der Waals surface area contributed by atoms with E-state index in [1.807, 2.05) is 0 Å². The third-order valence-electron chi connectivity index (χ3n) is 3.34. The Kier molecular flexibility index (Phi) is 5.18. The van der Waals surface area contributed by atoms with Crippen molar-refractivity contribution in [1.82, 2.24) is 4.98 Å². The molecule has 0 unspecified atom stereocenters. The van der Waals surface area contributed by atoms with Crippen molar-refractivity contribution in [2.45, 2.75) is 0 Å². The molecule has 0 saturated heterocycles. The van der Waals surface area contributed by atoms with E-state index < -0.39 is 5.91 Å². The number of carbonyl (C=O) groups excluding carboxylic acids is 2. The monoisotopic (exact) mass is 373 g/mol. The minimum absolute atomic E-state index is 0.0289. The van der Waals surface area contributed by atoms with E-state index in [1.165, 1.54) is 31.8 Å². The number of ether oxygens (including phenoxy) is 2. The second-order valence-electron chi connectivity index (χ2n) is 4.99. The van der Waals surface area contributed by atoms with Gasteiger partial charge in [-0.2, -0.15) is 4.98 Å². The number of nitrogens with one attached hydrogen (secondary N) is 2. The van der Waals surface area contributed by atoms with Crippen molar-refractivity contribution in [3.63, 3.8) is 0 Å². The molecule has 8 nitrogen and oxygen atoms in total. The average Bonchev–Trinajstić information content (AvgIpc) is 3.33. The third kappa shape index (κ3) is 3.83. The van der Waals surface area contributed by atoms with Gasteiger partial charge in [-0.1, -0.05) is 6.07 Å². The van der Waals surface area contributed by atoms with E-state index in [-0.39, 0.29) is 17.6 Å². The molecule has 0 spiro atoms. The number of carbonyl (C=O) groups is 2. The topological polar surface area (TPSA) is 103 Å². The highest BCUT2D eigenvalue weighted by Crippen LogP contribution is 2.29. The van der Waals surface area contributed by atoms with Crippen LogP contribution in [-0.4, -0.2) is 31.0 Å². The molecule has 0 aliphatic heterocycles. The van der Waals surface area contributed by atoms with Crippen LogP contribution in [0.4, 0.5) is 11.7 Å². The molecule has 0 aliphatic rings. The van der Waals surface area contributed by atoms with Gasteiger partial charge in [-0.15, -0.1) is 11.3 Å². The Balaban J connectivity index is 1.67. The Morgan fingerprint density at radius 3 is 2.58 bits per heavy atom. The number of amides is 2. The Morgan fingerprint density at radius 2 is 1.88 bits per heavy atom. The van der Waals surface area contributed by atoms with Crippen molar-refractivity contribution in [2.75, 3.05) is 24.9 Å². The average molecular weight is 373 g/mol. The molecule has 0 fully saturated rings. The zero-order valence-corrected chi connectivity index (χ0v) is 14.8. The van der Waals surface area contributed by atoms with E-state index in [1.54, 1.807) is 35.7 Å². The van der Waals surface area contributed by atoms with Gasteiger partial charge in [0.2, 0.25) is 0 Å². The molecule has 2 heterocycles. The van der Waals surface area contributed by atoms with Gasteiger partial charge in [0.1, 0.15) is 6.26 Å². The van der Waals surface area contributed by atoms with Crippen molar-refractivity contribution in [2.24, 2.45) is 0 Å². The molecule has 0 saturated carbocycles. The predicted octanol–water partition coefficient (Wildman–Crippen LogP) is 3.26. The van der Waals surface area contributed by atoms with Gasteiger partial charge < -0.3 is 19.2 Å². The van der Waals surface area contributed by atoms with Gasteiger partial charge in [-0.05, 0) is 23.6 Å². The van der Waals surface area contributed by atoms with Crippen LogP contribution in [0.1, 0.15) is 20.2 Å². The van der Waals surface area contributed by atoms with E-state index in [9.17, 15) is 9.59 Å². The van der Waals surface area contributed by atoms with E-state index in [4.69, 9.17) is 13.9 Å². The van der Waals surface area contributed by atoms with Gasteiger partial charge in [0.05, 0.1) is 19.1 Å². The summed E-state index contributed by atoms with van der Waals surface area (Å²) in [6, 6.07) is 8.34. The number of methoxy groups -OCH3 is 2. The molecule has 1 aromatic carbocycles. The maximum absolute atomic E-state index is 12.3. The van der Waals surface area contributed by atoms with Crippen molar-refractivity contribution in [3.8, 4) is 11.5 Å². The summed E-state index contributed by atoms with van der Waals surface area (Å²) in [5, 5.41) is 6.95. The molecule has 2 aromatic heterocycles. The lowest BCUT2D eigenvalue weighted by atomic mass is 10.2. The lowest BCUT2D eigenvalue weighted by Gasteiger charge is -2.09. The normalized spacial score (nSPS) is 10.2. The fourth-order valence-electron chi connectivity index (χ4n) is 2.11. The minimum atomic E-state index is -0.488. The van der Waals surface area contributed by atoms with Gasteiger partial charge >= 0.3 is 6.01 Å². The number of anilines is 2. The molecule has 134 valence electrons. The second-order valence-corrected chi connectivity index (χ2v) is 5.94. The lowest BCUT2D eigenvalue weighted by molar-refractivity contribution is 0.101. The van der Waals surface area contributed by atoms with Gasteiger partial charge in [0, 0.05) is 11.8 Å². The summed E-state index contributed by atoms with van der Waals surface area (Å²) in [5.41, 5.74) is 0.529. The number of aromatic nitrogens is 1. The zero-order chi connectivity index (χ0) is 18.5. The Bertz CT molecular complexity index is 920. The summed E-state index contributed by atoms with van der Waals surface area (Å²) in [6.07, 6.45) is 1.17. The van der Waals surface area contributed by atoms with Gasteiger partial charge in [-0.3, -0.25) is 14.9 Å². The number of hydrogen-bond donors (Lipinski definition) is 2. The van der Waals surface area contributed by atoms with E-state index in [0.29, 0.717) is 22.1 Å². The Hall–Kier alpha value is -3.33. The fraction of sp³-hybridized carbons (Fsp3) is 0.118. The summed E-state index contributed by atoms with van der Waals surface area (Å²) in [6.45, 7) is 0. The number of oxazole rings is 1. The first kappa shape index (κ1) is 17.5. The first-order chi connectivity index (χ1) is 12.6. The highest BCUT2D eigenvalue weighted by Gasteiger charge is 2.16. The number of rotatable bonds is 6. The van der Waals surface area contributed by atoms with Crippen molar-refractivity contribution < 1.29 is 23.5 Å². The maximum Gasteiger partial charge on any atom is 0.302 e. The smallest absolute Gasteiger partial charge is 0.302 e. The highest BCUT2D eigenvalue weighted by atomic mass is 32.1.